The number of nitrogens with zero attached hydrogens (tertiary/aromatic N) is 3. The summed E-state index contributed by atoms with van der Waals surface area (Å²) in [4.78, 5) is 52.4. The van der Waals surface area contributed by atoms with Gasteiger partial charge in [0.1, 0.15) is 41.0 Å². The zero-order valence-electron chi connectivity index (χ0n) is 30.1. The number of amides is 2. The number of nitrogens with one attached hydrogen (secondary N) is 2. The molecule has 0 radical (unpaired) electrons. The summed E-state index contributed by atoms with van der Waals surface area (Å²) in [5, 5.41) is 19.9. The van der Waals surface area contributed by atoms with Crippen LogP contribution < -0.4 is 20.1 Å². The quantitative estimate of drug-likeness (QED) is 0.213. The summed E-state index contributed by atoms with van der Waals surface area (Å²) in [5.41, 5.74) is 0.580. The molecule has 0 spiro atoms. The molecule has 2 amide bonds. The molecule has 0 bridgehead atoms. The van der Waals surface area contributed by atoms with E-state index in [0.29, 0.717) is 41.2 Å². The molecule has 2 saturated carbocycles. The molecule has 1 saturated heterocycles. The number of methoxy groups -OCH3 is 1. The molecule has 4 aliphatic rings. The number of aliphatic carboxylic acids is 1. The topological polar surface area (TPSA) is 152 Å². The first-order valence-corrected chi connectivity index (χ1v) is 19.6. The van der Waals surface area contributed by atoms with Crippen LogP contribution in [0.1, 0.15) is 84.5 Å². The smallest absolute Gasteiger partial charge is 0.330 e. The maximum Gasteiger partial charge on any atom is 0.330 e. The Hall–Kier alpha value is -4.23. The van der Waals surface area contributed by atoms with Crippen LogP contribution in [0.3, 0.4) is 0 Å². The van der Waals surface area contributed by atoms with Crippen LogP contribution in [0.25, 0.3) is 22.3 Å². The molecule has 2 aliphatic carbocycles. The van der Waals surface area contributed by atoms with E-state index in [-0.39, 0.29) is 36.9 Å². The summed E-state index contributed by atoms with van der Waals surface area (Å²) >= 11 is 1.49. The van der Waals surface area contributed by atoms with Crippen molar-refractivity contribution in [2.24, 2.45) is 5.92 Å². The van der Waals surface area contributed by atoms with Crippen LogP contribution in [0.15, 0.2) is 41.8 Å². The van der Waals surface area contributed by atoms with E-state index < -0.39 is 35.7 Å². The average Bonchev–Trinajstić information content (AvgIpc) is 3.56. The lowest BCUT2D eigenvalue weighted by Crippen LogP contribution is -2.54. The Balaban J connectivity index is 1.21. The van der Waals surface area contributed by atoms with Crippen molar-refractivity contribution in [2.45, 2.75) is 120 Å². The van der Waals surface area contributed by atoms with Crippen LogP contribution in [0.5, 0.6) is 11.5 Å². The van der Waals surface area contributed by atoms with Gasteiger partial charge in [0.15, 0.2) is 5.13 Å². The summed E-state index contributed by atoms with van der Waals surface area (Å²) in [7, 11) is 1.60. The molecule has 7 rings (SSSR count). The number of carboxylic acids is 1. The van der Waals surface area contributed by atoms with Crippen molar-refractivity contribution >= 4 is 45.2 Å². The number of carboxylic acid groups (broad SMARTS) is 1. The molecule has 4 heterocycles. The van der Waals surface area contributed by atoms with Crippen molar-refractivity contribution in [3.63, 3.8) is 0 Å². The third kappa shape index (κ3) is 7.75. The zero-order valence-corrected chi connectivity index (χ0v) is 31.0. The highest BCUT2D eigenvalue weighted by Gasteiger charge is 2.61. The second-order valence-electron chi connectivity index (χ2n) is 14.9. The molecule has 278 valence electrons. The molecule has 3 N–H and O–H groups in total. The molecule has 5 unspecified atom stereocenters. The van der Waals surface area contributed by atoms with Gasteiger partial charge in [0.25, 0.3) is 5.91 Å². The van der Waals surface area contributed by atoms with Gasteiger partial charge in [-0.1, -0.05) is 37.8 Å². The Morgan fingerprint density at radius 1 is 1.06 bits per heavy atom. The SMILES string of the molecule is COc1ccc2c(OC3CC4C(=O)NC5(C(=O)O)CC5/C=C/CCCCCC(OC5CCCC5)C(=O)N4C3)cc(-c3csc(NC(C)C)n3)nc2c1. The monoisotopic (exact) mass is 731 g/mol. The largest absolute Gasteiger partial charge is 0.497 e. The Labute approximate surface area is 308 Å². The van der Waals surface area contributed by atoms with E-state index in [9.17, 15) is 19.5 Å². The predicted octanol–water partition coefficient (Wildman–Crippen LogP) is 6.34. The fourth-order valence-electron chi connectivity index (χ4n) is 7.78. The number of thiazole rings is 1. The number of aromatic nitrogens is 2. The summed E-state index contributed by atoms with van der Waals surface area (Å²) in [5.74, 6) is -0.888. The third-order valence-corrected chi connectivity index (χ3v) is 11.5. The van der Waals surface area contributed by atoms with Crippen LogP contribution >= 0.6 is 11.3 Å². The lowest BCUT2D eigenvalue weighted by atomic mass is 10.1. The maximum absolute atomic E-state index is 14.5. The fourth-order valence-corrected chi connectivity index (χ4v) is 8.63. The van der Waals surface area contributed by atoms with Crippen molar-refractivity contribution in [1.82, 2.24) is 20.2 Å². The average molecular weight is 732 g/mol. The molecule has 5 atom stereocenters. The van der Waals surface area contributed by atoms with Gasteiger partial charge in [0.05, 0.1) is 31.0 Å². The highest BCUT2D eigenvalue weighted by atomic mass is 32.1. The number of allylic oxidation sites excluding steroid dienone is 1. The first-order chi connectivity index (χ1) is 25.1. The third-order valence-electron chi connectivity index (χ3n) is 10.7. The van der Waals surface area contributed by atoms with E-state index >= 15 is 0 Å². The van der Waals surface area contributed by atoms with E-state index in [4.69, 9.17) is 24.2 Å². The fraction of sp³-hybridized carbons (Fsp3) is 0.564. The number of fused-ring (bicyclic) bond motifs is 3. The minimum absolute atomic E-state index is 0.0176. The van der Waals surface area contributed by atoms with Crippen LogP contribution in [-0.4, -0.2) is 87.3 Å². The Morgan fingerprint density at radius 3 is 2.63 bits per heavy atom. The minimum Gasteiger partial charge on any atom is -0.497 e. The molecule has 3 fully saturated rings. The number of carbonyl (C=O) groups excluding carboxylic acids is 2. The molecule has 1 aromatic carbocycles. The van der Waals surface area contributed by atoms with E-state index in [1.165, 1.54) is 11.3 Å². The van der Waals surface area contributed by atoms with Gasteiger partial charge in [-0.3, -0.25) is 9.59 Å². The maximum atomic E-state index is 14.5. The summed E-state index contributed by atoms with van der Waals surface area (Å²) in [6, 6.07) is 6.73. The van der Waals surface area contributed by atoms with E-state index in [1.54, 1.807) is 12.0 Å². The minimum atomic E-state index is -1.38. The van der Waals surface area contributed by atoms with E-state index in [2.05, 4.69) is 24.5 Å². The number of rotatable bonds is 9. The van der Waals surface area contributed by atoms with Gasteiger partial charge in [0.2, 0.25) is 5.91 Å². The van der Waals surface area contributed by atoms with E-state index in [0.717, 1.165) is 61.9 Å². The number of carbonyl (C=O) groups is 3. The first-order valence-electron chi connectivity index (χ1n) is 18.7. The van der Waals surface area contributed by atoms with E-state index in [1.807, 2.05) is 41.8 Å². The van der Waals surface area contributed by atoms with Crippen LogP contribution in [0.2, 0.25) is 0 Å². The number of hydrogen-bond donors (Lipinski definition) is 3. The Kier molecular flexibility index (Phi) is 10.7. The van der Waals surface area contributed by atoms with Gasteiger partial charge in [-0.2, -0.15) is 0 Å². The highest BCUT2D eigenvalue weighted by molar-refractivity contribution is 7.14. The predicted molar refractivity (Wildman–Crippen MR) is 199 cm³/mol. The van der Waals surface area contributed by atoms with Gasteiger partial charge in [-0.25, -0.2) is 14.8 Å². The summed E-state index contributed by atoms with van der Waals surface area (Å²) in [6.07, 6.45) is 11.3. The summed E-state index contributed by atoms with van der Waals surface area (Å²) in [6.45, 7) is 4.26. The van der Waals surface area contributed by atoms with Crippen LogP contribution in [-0.2, 0) is 19.1 Å². The van der Waals surface area contributed by atoms with Gasteiger partial charge >= 0.3 is 5.97 Å². The Morgan fingerprint density at radius 2 is 1.87 bits per heavy atom. The normalized spacial score (nSPS) is 27.7. The molecular formula is C39H49N5O7S. The highest BCUT2D eigenvalue weighted by Crippen LogP contribution is 2.45. The van der Waals surface area contributed by atoms with Crippen molar-refractivity contribution in [3.05, 3.63) is 41.8 Å². The second kappa shape index (κ2) is 15.4. The van der Waals surface area contributed by atoms with Crippen molar-refractivity contribution < 1.29 is 33.7 Å². The van der Waals surface area contributed by atoms with Crippen molar-refractivity contribution in [2.75, 3.05) is 19.0 Å². The molecule has 13 heteroatoms. The van der Waals surface area contributed by atoms with Crippen molar-refractivity contribution in [3.8, 4) is 22.9 Å². The molecule has 2 aliphatic heterocycles. The van der Waals surface area contributed by atoms with Crippen LogP contribution in [0.4, 0.5) is 5.13 Å². The first kappa shape index (κ1) is 36.1. The molecule has 12 nitrogen and oxygen atoms in total. The van der Waals surface area contributed by atoms with Gasteiger partial charge < -0.3 is 34.9 Å². The lowest BCUT2D eigenvalue weighted by Gasteiger charge is -2.30. The molecular weight excluding hydrogens is 683 g/mol. The zero-order chi connectivity index (χ0) is 36.4. The number of hydrogen-bond acceptors (Lipinski definition) is 10. The lowest BCUT2D eigenvalue weighted by molar-refractivity contribution is -0.153. The summed E-state index contributed by atoms with van der Waals surface area (Å²) < 4.78 is 18.8. The Bertz CT molecular complexity index is 1820. The molecule has 3 aromatic rings. The van der Waals surface area contributed by atoms with Gasteiger partial charge in [-0.05, 0) is 64.5 Å². The number of pyridine rings is 1. The van der Waals surface area contributed by atoms with Gasteiger partial charge in [0, 0.05) is 41.3 Å². The molecule has 2 aromatic heterocycles. The number of anilines is 1. The van der Waals surface area contributed by atoms with Gasteiger partial charge in [-0.15, -0.1) is 11.3 Å². The standard InChI is InChI=1S/C39H49N5O7S/c1-23(2)40-38-42-31(22-52-38)30-19-34(28-16-15-26(49-3)17-29(28)41-30)51-27-18-32-35(45)43-39(37(47)48)20-24(39)11-7-5-4-6-8-14-33(36(46)44(32)21-27)50-25-12-9-10-13-25/h7,11,15-17,19,22-25,27,32-33H,4-6,8-10,12-14,18,20-21H2,1-3H3,(H,40,42)(H,43,45)(H,47,48)/b11-7+. The van der Waals surface area contributed by atoms with Crippen molar-refractivity contribution in [1.29, 1.82) is 0 Å². The number of benzene rings is 1. The van der Waals surface area contributed by atoms with Crippen LogP contribution in [0, 0.1) is 5.92 Å². The number of ether oxygens (including phenoxy) is 3. The molecule has 52 heavy (non-hydrogen) atoms. The second-order valence-corrected chi connectivity index (χ2v) is 15.7.